The first-order chi connectivity index (χ1) is 17.8. The molecule has 1 aliphatic carbocycles. The molecule has 2 aliphatic rings. The van der Waals surface area contributed by atoms with Crippen molar-refractivity contribution in [2.75, 3.05) is 25.1 Å². The van der Waals surface area contributed by atoms with Crippen LogP contribution in [0.1, 0.15) is 43.6 Å². The number of rotatable bonds is 5. The first-order valence-corrected chi connectivity index (χ1v) is 12.8. The summed E-state index contributed by atoms with van der Waals surface area (Å²) in [4.78, 5) is 25.4. The van der Waals surface area contributed by atoms with Gasteiger partial charge in [0.15, 0.2) is 5.82 Å². The monoisotopic (exact) mass is 476 g/mol. The lowest BCUT2D eigenvalue weighted by molar-refractivity contribution is 0.416. The van der Waals surface area contributed by atoms with Crippen LogP contribution < -0.4 is 9.64 Å². The van der Waals surface area contributed by atoms with Gasteiger partial charge in [0, 0.05) is 47.4 Å². The third-order valence-corrected chi connectivity index (χ3v) is 7.46. The second-order valence-electron chi connectivity index (χ2n) is 9.82. The summed E-state index contributed by atoms with van der Waals surface area (Å²) in [5.74, 6) is 3.18. The molecule has 0 unspecified atom stereocenters. The first kappa shape index (κ1) is 21.3. The van der Waals surface area contributed by atoms with Crippen LogP contribution in [0.15, 0.2) is 55.0 Å². The van der Waals surface area contributed by atoms with Crippen molar-refractivity contribution in [1.82, 2.24) is 24.9 Å². The largest absolute Gasteiger partial charge is 0.496 e. The Labute approximate surface area is 209 Å². The highest BCUT2D eigenvalue weighted by Gasteiger charge is 2.29. The molecule has 0 amide bonds. The molecule has 5 heterocycles. The molecule has 0 atom stereocenters. The van der Waals surface area contributed by atoms with Crippen molar-refractivity contribution in [3.8, 4) is 28.4 Å². The standard InChI is InChI=1S/C29H28N6O/c1-36-25-8-4-3-7-20(25)23-15-21-19(11-12-31-27(21)32-23)28-33-24-17-30-16-22(18-9-10-18)26(24)29(34-28)35-13-5-2-6-14-35/h3-4,7-8,11-12,15-18H,2,5-6,9-10,13-14H2,1H3,(H,31,32). The number of benzene rings is 1. The van der Waals surface area contributed by atoms with Gasteiger partial charge in [0.05, 0.1) is 24.5 Å². The van der Waals surface area contributed by atoms with Crippen LogP contribution in [0.25, 0.3) is 44.6 Å². The molecule has 1 aliphatic heterocycles. The number of methoxy groups -OCH3 is 1. The van der Waals surface area contributed by atoms with E-state index in [-0.39, 0.29) is 0 Å². The van der Waals surface area contributed by atoms with Gasteiger partial charge in [-0.3, -0.25) is 4.98 Å². The Bertz CT molecular complexity index is 1580. The second kappa shape index (κ2) is 8.59. The van der Waals surface area contributed by atoms with Crippen LogP contribution in [0.4, 0.5) is 5.82 Å². The van der Waals surface area contributed by atoms with Crippen LogP contribution in [-0.4, -0.2) is 45.1 Å². The Morgan fingerprint density at radius 2 is 1.83 bits per heavy atom. The van der Waals surface area contributed by atoms with Crippen LogP contribution in [0.5, 0.6) is 5.75 Å². The lowest BCUT2D eigenvalue weighted by atomic mass is 10.0. The minimum Gasteiger partial charge on any atom is -0.496 e. The number of pyridine rings is 2. The summed E-state index contributed by atoms with van der Waals surface area (Å²) >= 11 is 0. The zero-order valence-electron chi connectivity index (χ0n) is 20.4. The van der Waals surface area contributed by atoms with Crippen molar-refractivity contribution in [3.63, 3.8) is 0 Å². The average Bonchev–Trinajstić information content (AvgIpc) is 3.70. The van der Waals surface area contributed by atoms with Crippen LogP contribution in [-0.2, 0) is 0 Å². The van der Waals surface area contributed by atoms with E-state index < -0.39 is 0 Å². The third kappa shape index (κ3) is 3.58. The van der Waals surface area contributed by atoms with Gasteiger partial charge in [0.2, 0.25) is 0 Å². The normalized spacial score (nSPS) is 16.1. The lowest BCUT2D eigenvalue weighted by Crippen LogP contribution is -2.30. The molecule has 0 radical (unpaired) electrons. The van der Waals surface area contributed by atoms with Gasteiger partial charge in [-0.05, 0) is 67.9 Å². The number of piperidine rings is 1. The van der Waals surface area contributed by atoms with Gasteiger partial charge < -0.3 is 14.6 Å². The van der Waals surface area contributed by atoms with Gasteiger partial charge in [0.25, 0.3) is 0 Å². The summed E-state index contributed by atoms with van der Waals surface area (Å²) in [6.07, 6.45) is 11.9. The maximum absolute atomic E-state index is 5.60. The van der Waals surface area contributed by atoms with E-state index in [4.69, 9.17) is 14.7 Å². The predicted molar refractivity (Wildman–Crippen MR) is 142 cm³/mol. The van der Waals surface area contributed by atoms with E-state index in [0.29, 0.717) is 5.92 Å². The smallest absolute Gasteiger partial charge is 0.163 e. The molecule has 1 saturated heterocycles. The SMILES string of the molecule is COc1ccccc1-c1cc2c(-c3nc(N4CCCCC4)c4c(C5CC5)cncc4n3)ccnc2[nH]1. The zero-order chi connectivity index (χ0) is 24.1. The van der Waals surface area contributed by atoms with E-state index in [1.54, 1.807) is 7.11 Å². The Morgan fingerprint density at radius 3 is 2.67 bits per heavy atom. The van der Waals surface area contributed by atoms with Crippen molar-refractivity contribution in [1.29, 1.82) is 0 Å². The van der Waals surface area contributed by atoms with Crippen molar-refractivity contribution in [2.24, 2.45) is 0 Å². The molecule has 7 heteroatoms. The van der Waals surface area contributed by atoms with Gasteiger partial charge in [-0.1, -0.05) is 12.1 Å². The number of para-hydroxylation sites is 1. The molecule has 36 heavy (non-hydrogen) atoms. The van der Waals surface area contributed by atoms with Crippen LogP contribution in [0, 0.1) is 0 Å². The van der Waals surface area contributed by atoms with E-state index in [1.165, 1.54) is 43.1 Å². The number of aromatic amines is 1. The van der Waals surface area contributed by atoms with Crippen molar-refractivity contribution < 1.29 is 4.74 Å². The number of hydrogen-bond donors (Lipinski definition) is 1. The maximum atomic E-state index is 5.60. The fraction of sp³-hybridized carbons (Fsp3) is 0.310. The summed E-state index contributed by atoms with van der Waals surface area (Å²) in [7, 11) is 1.69. The molecular formula is C29H28N6O. The van der Waals surface area contributed by atoms with Crippen molar-refractivity contribution in [2.45, 2.75) is 38.0 Å². The topological polar surface area (TPSA) is 79.8 Å². The highest BCUT2D eigenvalue weighted by Crippen LogP contribution is 2.45. The molecule has 1 aromatic carbocycles. The van der Waals surface area contributed by atoms with E-state index in [2.05, 4.69) is 32.0 Å². The van der Waals surface area contributed by atoms with Crippen LogP contribution >= 0.6 is 0 Å². The molecule has 5 aromatic rings. The number of ether oxygens (including phenoxy) is 1. The molecule has 1 saturated carbocycles. The second-order valence-corrected chi connectivity index (χ2v) is 9.82. The summed E-state index contributed by atoms with van der Waals surface area (Å²) in [6.45, 7) is 2.07. The fourth-order valence-electron chi connectivity index (χ4n) is 5.48. The van der Waals surface area contributed by atoms with Gasteiger partial charge >= 0.3 is 0 Å². The Kier molecular flexibility index (Phi) is 5.08. The number of nitrogens with one attached hydrogen (secondary N) is 1. The highest BCUT2D eigenvalue weighted by atomic mass is 16.5. The molecule has 7 nitrogen and oxygen atoms in total. The van der Waals surface area contributed by atoms with E-state index in [9.17, 15) is 0 Å². The first-order valence-electron chi connectivity index (χ1n) is 12.8. The summed E-state index contributed by atoms with van der Waals surface area (Å²) in [5.41, 5.74) is 5.96. The highest BCUT2D eigenvalue weighted by molar-refractivity contribution is 5.98. The molecule has 1 N–H and O–H groups in total. The third-order valence-electron chi connectivity index (χ3n) is 7.46. The van der Waals surface area contributed by atoms with E-state index in [1.807, 2.05) is 42.9 Å². The molecule has 0 bridgehead atoms. The van der Waals surface area contributed by atoms with Crippen molar-refractivity contribution >= 4 is 27.8 Å². The summed E-state index contributed by atoms with van der Waals surface area (Å²) < 4.78 is 5.60. The molecule has 2 fully saturated rings. The number of nitrogens with zero attached hydrogens (tertiary/aromatic N) is 5. The van der Waals surface area contributed by atoms with Crippen molar-refractivity contribution in [3.05, 3.63) is 60.6 Å². The lowest BCUT2D eigenvalue weighted by Gasteiger charge is -2.29. The van der Waals surface area contributed by atoms with E-state index in [0.717, 1.165) is 63.9 Å². The number of H-pyrrole nitrogens is 1. The minimum absolute atomic E-state index is 0.583. The van der Waals surface area contributed by atoms with E-state index >= 15 is 0 Å². The predicted octanol–water partition coefficient (Wildman–Crippen LogP) is 6.11. The average molecular weight is 477 g/mol. The Hall–Kier alpha value is -4.00. The fourth-order valence-corrected chi connectivity index (χ4v) is 5.48. The molecule has 0 spiro atoms. The number of aromatic nitrogens is 5. The Morgan fingerprint density at radius 1 is 0.972 bits per heavy atom. The van der Waals surface area contributed by atoms with Crippen LogP contribution in [0.2, 0.25) is 0 Å². The van der Waals surface area contributed by atoms with Gasteiger partial charge in [-0.25, -0.2) is 15.0 Å². The van der Waals surface area contributed by atoms with Gasteiger partial charge in [0.1, 0.15) is 17.2 Å². The molecular weight excluding hydrogens is 448 g/mol. The van der Waals surface area contributed by atoms with Gasteiger partial charge in [-0.15, -0.1) is 0 Å². The quantitative estimate of drug-likeness (QED) is 0.330. The maximum Gasteiger partial charge on any atom is 0.163 e. The molecule has 180 valence electrons. The Balaban J connectivity index is 1.43. The van der Waals surface area contributed by atoms with Gasteiger partial charge in [-0.2, -0.15) is 0 Å². The summed E-state index contributed by atoms with van der Waals surface area (Å²) in [5, 5.41) is 2.18. The number of fused-ring (bicyclic) bond motifs is 2. The summed E-state index contributed by atoms with van der Waals surface area (Å²) in [6, 6.07) is 12.2. The van der Waals surface area contributed by atoms with Crippen LogP contribution in [0.3, 0.4) is 0 Å². The minimum atomic E-state index is 0.583. The number of hydrogen-bond acceptors (Lipinski definition) is 6. The number of anilines is 1. The molecule has 7 rings (SSSR count). The molecule has 4 aromatic heterocycles. The zero-order valence-corrected chi connectivity index (χ0v) is 20.4.